The monoisotopic (exact) mass is 381 g/mol. The molecule has 130 valence electrons. The van der Waals surface area contributed by atoms with Crippen LogP contribution in [0.1, 0.15) is 5.56 Å². The Balaban J connectivity index is 1.57. The fourth-order valence-corrected chi connectivity index (χ4v) is 3.83. The van der Waals surface area contributed by atoms with E-state index >= 15 is 0 Å². The largest absolute Gasteiger partial charge is 0.496 e. The van der Waals surface area contributed by atoms with Crippen LogP contribution in [0.4, 0.5) is 0 Å². The summed E-state index contributed by atoms with van der Waals surface area (Å²) >= 11 is 7.70. The Morgan fingerprint density at radius 3 is 2.81 bits per heavy atom. The van der Waals surface area contributed by atoms with Crippen molar-refractivity contribution in [2.45, 2.75) is 10.9 Å². The smallest absolute Gasteiger partial charge is 0.209 e. The van der Waals surface area contributed by atoms with Crippen molar-refractivity contribution in [3.8, 4) is 17.1 Å². The number of methoxy groups -OCH3 is 1. The van der Waals surface area contributed by atoms with Crippen molar-refractivity contribution in [3.05, 3.63) is 71.2 Å². The highest BCUT2D eigenvalue weighted by atomic mass is 35.5. The quantitative estimate of drug-likeness (QED) is 0.458. The van der Waals surface area contributed by atoms with Crippen LogP contribution in [0.25, 0.3) is 22.2 Å². The van der Waals surface area contributed by atoms with E-state index in [0.29, 0.717) is 21.8 Å². The van der Waals surface area contributed by atoms with Gasteiger partial charge in [-0.15, -0.1) is 5.10 Å². The minimum atomic E-state index is 0.627. The van der Waals surface area contributed by atoms with E-state index in [1.54, 1.807) is 24.9 Å². The minimum absolute atomic E-state index is 0.627. The van der Waals surface area contributed by atoms with Crippen LogP contribution in [-0.2, 0) is 5.75 Å². The van der Waals surface area contributed by atoms with Gasteiger partial charge in [-0.05, 0) is 34.5 Å². The molecule has 1 aromatic heterocycles. The number of ether oxygens (including phenoxy) is 1. The number of rotatable bonds is 5. The number of benzene rings is 3. The lowest BCUT2D eigenvalue weighted by Gasteiger charge is -2.06. The molecule has 0 bridgehead atoms. The molecule has 0 radical (unpaired) electrons. The van der Waals surface area contributed by atoms with Crippen LogP contribution in [-0.4, -0.2) is 22.3 Å². The van der Waals surface area contributed by atoms with Crippen molar-refractivity contribution in [1.82, 2.24) is 15.2 Å². The maximum Gasteiger partial charge on any atom is 0.209 e. The Morgan fingerprint density at radius 1 is 1.08 bits per heavy atom. The molecule has 4 rings (SSSR count). The molecule has 0 amide bonds. The summed E-state index contributed by atoms with van der Waals surface area (Å²) in [5.74, 6) is 2.15. The molecule has 0 aliphatic carbocycles. The van der Waals surface area contributed by atoms with Crippen LogP contribution in [0, 0.1) is 0 Å². The summed E-state index contributed by atoms with van der Waals surface area (Å²) in [5.41, 5.74) is 2.06. The SMILES string of the molecule is COc1ccc(Cl)cc1-c1nc(SCc2cccc3ccccc23)n[nH]1. The van der Waals surface area contributed by atoms with Gasteiger partial charge in [-0.2, -0.15) is 0 Å². The van der Waals surface area contributed by atoms with Crippen LogP contribution in [0.5, 0.6) is 5.75 Å². The van der Waals surface area contributed by atoms with Gasteiger partial charge in [0, 0.05) is 10.8 Å². The number of aromatic nitrogens is 3. The zero-order valence-electron chi connectivity index (χ0n) is 14.1. The molecule has 26 heavy (non-hydrogen) atoms. The van der Waals surface area contributed by atoms with Gasteiger partial charge >= 0.3 is 0 Å². The summed E-state index contributed by atoms with van der Waals surface area (Å²) < 4.78 is 5.39. The lowest BCUT2D eigenvalue weighted by Crippen LogP contribution is -1.89. The Kier molecular flexibility index (Phi) is 4.82. The first-order valence-corrected chi connectivity index (χ1v) is 9.47. The van der Waals surface area contributed by atoms with Crippen molar-refractivity contribution in [3.63, 3.8) is 0 Å². The van der Waals surface area contributed by atoms with Crippen LogP contribution >= 0.6 is 23.4 Å². The molecule has 1 N–H and O–H groups in total. The topological polar surface area (TPSA) is 50.8 Å². The predicted octanol–water partition coefficient (Wildman–Crippen LogP) is 5.58. The van der Waals surface area contributed by atoms with E-state index < -0.39 is 0 Å². The lowest BCUT2D eigenvalue weighted by atomic mass is 10.1. The summed E-state index contributed by atoms with van der Waals surface area (Å²) in [4.78, 5) is 4.58. The van der Waals surface area contributed by atoms with Gasteiger partial charge in [0.25, 0.3) is 0 Å². The highest BCUT2D eigenvalue weighted by Crippen LogP contribution is 2.32. The molecule has 6 heteroatoms. The second-order valence-electron chi connectivity index (χ2n) is 5.74. The number of thioether (sulfide) groups is 1. The van der Waals surface area contributed by atoms with Crippen molar-refractivity contribution >= 4 is 34.1 Å². The van der Waals surface area contributed by atoms with Crippen LogP contribution in [0.2, 0.25) is 5.02 Å². The Morgan fingerprint density at radius 2 is 1.92 bits per heavy atom. The number of hydrogen-bond donors (Lipinski definition) is 1. The zero-order chi connectivity index (χ0) is 17.9. The predicted molar refractivity (Wildman–Crippen MR) is 107 cm³/mol. The average molecular weight is 382 g/mol. The van der Waals surface area contributed by atoms with Crippen molar-refractivity contribution in [2.24, 2.45) is 0 Å². The molecule has 0 spiro atoms. The summed E-state index contributed by atoms with van der Waals surface area (Å²) in [6.07, 6.45) is 0. The third kappa shape index (κ3) is 3.41. The third-order valence-corrected chi connectivity index (χ3v) is 5.25. The molecule has 3 aromatic carbocycles. The van der Waals surface area contributed by atoms with Gasteiger partial charge in [0.2, 0.25) is 5.16 Å². The van der Waals surface area contributed by atoms with E-state index in [0.717, 1.165) is 11.3 Å². The number of halogens is 1. The van der Waals surface area contributed by atoms with E-state index in [4.69, 9.17) is 16.3 Å². The second kappa shape index (κ2) is 7.40. The van der Waals surface area contributed by atoms with E-state index in [2.05, 4.69) is 57.6 Å². The molecule has 0 saturated heterocycles. The summed E-state index contributed by atoms with van der Waals surface area (Å²) in [6.45, 7) is 0. The Labute approximate surface area is 160 Å². The fraction of sp³-hybridized carbons (Fsp3) is 0.100. The number of nitrogens with zero attached hydrogens (tertiary/aromatic N) is 2. The average Bonchev–Trinajstić information content (AvgIpc) is 3.15. The number of aromatic amines is 1. The van der Waals surface area contributed by atoms with Crippen LogP contribution in [0.15, 0.2) is 65.8 Å². The van der Waals surface area contributed by atoms with Gasteiger partial charge in [0.15, 0.2) is 5.82 Å². The van der Waals surface area contributed by atoms with Crippen molar-refractivity contribution in [2.75, 3.05) is 7.11 Å². The number of fused-ring (bicyclic) bond motifs is 1. The lowest BCUT2D eigenvalue weighted by molar-refractivity contribution is 0.416. The summed E-state index contributed by atoms with van der Waals surface area (Å²) in [5, 5.41) is 11.1. The Bertz CT molecular complexity index is 1060. The molecular formula is C20H16ClN3OS. The third-order valence-electron chi connectivity index (χ3n) is 4.12. The summed E-state index contributed by atoms with van der Waals surface area (Å²) in [7, 11) is 1.62. The van der Waals surface area contributed by atoms with E-state index in [1.165, 1.54) is 16.3 Å². The maximum atomic E-state index is 6.10. The number of H-pyrrole nitrogens is 1. The van der Waals surface area contributed by atoms with E-state index in [1.807, 2.05) is 12.1 Å². The van der Waals surface area contributed by atoms with Gasteiger partial charge < -0.3 is 4.74 Å². The molecule has 1 heterocycles. The normalized spacial score (nSPS) is 11.0. The van der Waals surface area contributed by atoms with E-state index in [-0.39, 0.29) is 0 Å². The van der Waals surface area contributed by atoms with Gasteiger partial charge in [-0.25, -0.2) is 4.98 Å². The molecule has 4 nitrogen and oxygen atoms in total. The molecule has 0 aliphatic heterocycles. The van der Waals surface area contributed by atoms with Crippen LogP contribution < -0.4 is 4.74 Å². The summed E-state index contributed by atoms with van der Waals surface area (Å²) in [6, 6.07) is 20.2. The van der Waals surface area contributed by atoms with Gasteiger partial charge in [0.05, 0.1) is 12.7 Å². The molecule has 0 aliphatic rings. The van der Waals surface area contributed by atoms with Gasteiger partial charge in [-0.1, -0.05) is 65.8 Å². The first-order chi connectivity index (χ1) is 12.7. The highest BCUT2D eigenvalue weighted by Gasteiger charge is 2.12. The number of hydrogen-bond acceptors (Lipinski definition) is 4. The minimum Gasteiger partial charge on any atom is -0.496 e. The molecule has 0 saturated carbocycles. The molecule has 0 unspecified atom stereocenters. The molecule has 4 aromatic rings. The number of nitrogens with one attached hydrogen (secondary N) is 1. The molecule has 0 fully saturated rings. The maximum absolute atomic E-state index is 6.10. The van der Waals surface area contributed by atoms with Crippen molar-refractivity contribution in [1.29, 1.82) is 0 Å². The van der Waals surface area contributed by atoms with Gasteiger partial charge in [-0.3, -0.25) is 5.10 Å². The van der Waals surface area contributed by atoms with Crippen LogP contribution in [0.3, 0.4) is 0 Å². The first-order valence-electron chi connectivity index (χ1n) is 8.10. The standard InChI is InChI=1S/C20H16ClN3OS/c1-25-18-10-9-15(21)11-17(18)19-22-20(24-23-19)26-12-14-7-4-6-13-5-2-3-8-16(13)14/h2-11H,12H2,1H3,(H,22,23,24). The molecule has 0 atom stereocenters. The Hall–Kier alpha value is -2.50. The van der Waals surface area contributed by atoms with E-state index in [9.17, 15) is 0 Å². The first kappa shape index (κ1) is 16.9. The van der Waals surface area contributed by atoms with Gasteiger partial charge in [0.1, 0.15) is 5.75 Å². The zero-order valence-corrected chi connectivity index (χ0v) is 15.6. The van der Waals surface area contributed by atoms with Crippen molar-refractivity contribution < 1.29 is 4.74 Å². The highest BCUT2D eigenvalue weighted by molar-refractivity contribution is 7.98. The second-order valence-corrected chi connectivity index (χ2v) is 7.12. The fourth-order valence-electron chi connectivity index (χ4n) is 2.86. The molecular weight excluding hydrogens is 366 g/mol.